The van der Waals surface area contributed by atoms with Crippen molar-refractivity contribution in [3.63, 3.8) is 0 Å². The highest BCUT2D eigenvalue weighted by molar-refractivity contribution is 7.89. The first-order valence-corrected chi connectivity index (χ1v) is 12.5. The van der Waals surface area contributed by atoms with E-state index >= 15 is 0 Å². The minimum Gasteiger partial charge on any atom is -0.490 e. The SMILES string of the molecule is O=C1CN(CCCCCS(=O)(=O)NC2CCc3c2ccc(F)c3OCC2CC2)C(=O)N1. The Balaban J connectivity index is 1.26. The van der Waals surface area contributed by atoms with Crippen LogP contribution < -0.4 is 14.8 Å². The third-order valence-electron chi connectivity index (χ3n) is 6.00. The van der Waals surface area contributed by atoms with E-state index in [2.05, 4.69) is 10.0 Å². The molecule has 3 aliphatic rings. The number of urea groups is 1. The molecule has 31 heavy (non-hydrogen) atoms. The zero-order valence-electron chi connectivity index (χ0n) is 17.4. The first-order valence-electron chi connectivity index (χ1n) is 10.9. The number of amides is 3. The van der Waals surface area contributed by atoms with Gasteiger partial charge < -0.3 is 9.64 Å². The van der Waals surface area contributed by atoms with Crippen molar-refractivity contribution in [2.45, 2.75) is 51.0 Å². The summed E-state index contributed by atoms with van der Waals surface area (Å²) in [5.41, 5.74) is 1.56. The lowest BCUT2D eigenvalue weighted by molar-refractivity contribution is -0.118. The van der Waals surface area contributed by atoms with Gasteiger partial charge in [-0.3, -0.25) is 10.1 Å². The molecule has 1 aromatic rings. The normalized spacial score (nSPS) is 20.8. The lowest BCUT2D eigenvalue weighted by atomic mass is 10.1. The molecule has 4 rings (SSSR count). The van der Waals surface area contributed by atoms with Crippen LogP contribution in [-0.4, -0.2) is 50.7 Å². The molecule has 3 amide bonds. The number of hydrogen-bond acceptors (Lipinski definition) is 5. The van der Waals surface area contributed by atoms with Gasteiger partial charge >= 0.3 is 6.03 Å². The van der Waals surface area contributed by atoms with Gasteiger partial charge in [0.25, 0.3) is 0 Å². The highest BCUT2D eigenvalue weighted by atomic mass is 32.2. The number of rotatable bonds is 11. The van der Waals surface area contributed by atoms with Crippen LogP contribution in [0.5, 0.6) is 5.75 Å². The standard InChI is InChI=1S/C21H28FN3O5S/c22-17-8-6-15-16(20(17)30-13-14-4-5-14)7-9-18(15)24-31(28,29)11-3-1-2-10-25-12-19(26)23-21(25)27/h6,8,14,18,24H,1-5,7,9-13H2,(H,23,26,27). The third kappa shape index (κ3) is 5.54. The maximum absolute atomic E-state index is 14.3. The molecule has 0 bridgehead atoms. The quantitative estimate of drug-likeness (QED) is 0.395. The Morgan fingerprint density at radius 1 is 1.16 bits per heavy atom. The Morgan fingerprint density at radius 3 is 2.68 bits per heavy atom. The Hall–Kier alpha value is -2.20. The highest BCUT2D eigenvalue weighted by Crippen LogP contribution is 2.40. The first kappa shape index (κ1) is 22.0. The van der Waals surface area contributed by atoms with Gasteiger partial charge in [-0.15, -0.1) is 0 Å². The molecule has 8 nitrogen and oxygen atoms in total. The summed E-state index contributed by atoms with van der Waals surface area (Å²) in [4.78, 5) is 24.1. The second kappa shape index (κ2) is 9.12. The number of carbonyl (C=O) groups excluding carboxylic acids is 2. The molecule has 10 heteroatoms. The number of sulfonamides is 1. The van der Waals surface area contributed by atoms with Crippen LogP contribution in [0.25, 0.3) is 0 Å². The molecule has 2 aliphatic carbocycles. The van der Waals surface area contributed by atoms with Gasteiger partial charge in [0, 0.05) is 18.2 Å². The van der Waals surface area contributed by atoms with E-state index in [1.54, 1.807) is 6.07 Å². The van der Waals surface area contributed by atoms with E-state index in [0.717, 1.165) is 24.0 Å². The van der Waals surface area contributed by atoms with E-state index in [9.17, 15) is 22.4 Å². The zero-order valence-corrected chi connectivity index (χ0v) is 18.2. The topological polar surface area (TPSA) is 105 Å². The number of nitrogens with zero attached hydrogens (tertiary/aromatic N) is 1. The van der Waals surface area contributed by atoms with Crippen LogP contribution in [0.2, 0.25) is 0 Å². The Bertz CT molecular complexity index is 964. The number of fused-ring (bicyclic) bond motifs is 1. The van der Waals surface area contributed by atoms with Crippen molar-refractivity contribution in [2.75, 3.05) is 25.4 Å². The van der Waals surface area contributed by atoms with Gasteiger partial charge in [-0.05, 0) is 56.1 Å². The molecule has 1 atom stereocenters. The van der Waals surface area contributed by atoms with Crippen molar-refractivity contribution in [1.82, 2.24) is 14.9 Å². The molecule has 0 spiro atoms. The van der Waals surface area contributed by atoms with E-state index in [1.807, 2.05) is 0 Å². The molecular weight excluding hydrogens is 425 g/mol. The molecule has 170 valence electrons. The predicted molar refractivity (Wildman–Crippen MR) is 112 cm³/mol. The zero-order chi connectivity index (χ0) is 22.0. The van der Waals surface area contributed by atoms with E-state index in [-0.39, 0.29) is 30.0 Å². The van der Waals surface area contributed by atoms with Crippen molar-refractivity contribution >= 4 is 22.0 Å². The van der Waals surface area contributed by atoms with Gasteiger partial charge in [-0.25, -0.2) is 22.3 Å². The van der Waals surface area contributed by atoms with Crippen LogP contribution in [0.1, 0.15) is 55.7 Å². The van der Waals surface area contributed by atoms with Crippen LogP contribution in [0.4, 0.5) is 9.18 Å². The van der Waals surface area contributed by atoms with Gasteiger partial charge in [-0.1, -0.05) is 12.5 Å². The van der Waals surface area contributed by atoms with Gasteiger partial charge in [-0.2, -0.15) is 0 Å². The highest BCUT2D eigenvalue weighted by Gasteiger charge is 2.31. The number of imide groups is 1. The number of halogens is 1. The maximum Gasteiger partial charge on any atom is 0.324 e. The summed E-state index contributed by atoms with van der Waals surface area (Å²) < 4.78 is 47.8. The molecule has 1 saturated heterocycles. The van der Waals surface area contributed by atoms with E-state index in [0.29, 0.717) is 51.2 Å². The second-order valence-corrected chi connectivity index (χ2v) is 10.4. The second-order valence-electron chi connectivity index (χ2n) is 8.56. The van der Waals surface area contributed by atoms with Crippen LogP contribution >= 0.6 is 0 Å². The number of carbonyl (C=O) groups is 2. The summed E-state index contributed by atoms with van der Waals surface area (Å²) in [5.74, 6) is 0.0589. The summed E-state index contributed by atoms with van der Waals surface area (Å²) >= 11 is 0. The monoisotopic (exact) mass is 453 g/mol. The summed E-state index contributed by atoms with van der Waals surface area (Å²) in [6.07, 6.45) is 5.10. The fourth-order valence-electron chi connectivity index (χ4n) is 4.12. The van der Waals surface area contributed by atoms with Gasteiger partial charge in [0.2, 0.25) is 15.9 Å². The molecule has 1 aliphatic heterocycles. The molecule has 2 fully saturated rings. The largest absolute Gasteiger partial charge is 0.490 e. The summed E-state index contributed by atoms with van der Waals surface area (Å²) in [6.45, 7) is 1.000. The predicted octanol–water partition coefficient (Wildman–Crippen LogP) is 2.24. The van der Waals surface area contributed by atoms with Gasteiger partial charge in [0.05, 0.1) is 12.4 Å². The number of ether oxygens (including phenoxy) is 1. The van der Waals surface area contributed by atoms with Gasteiger partial charge in [0.1, 0.15) is 6.54 Å². The minimum absolute atomic E-state index is 0.0177. The molecule has 1 aromatic carbocycles. The van der Waals surface area contributed by atoms with Crippen molar-refractivity contribution in [1.29, 1.82) is 0 Å². The van der Waals surface area contributed by atoms with Crippen LogP contribution in [0.15, 0.2) is 12.1 Å². The van der Waals surface area contributed by atoms with Crippen LogP contribution in [-0.2, 0) is 21.2 Å². The van der Waals surface area contributed by atoms with Crippen LogP contribution in [0, 0.1) is 11.7 Å². The van der Waals surface area contributed by atoms with E-state index < -0.39 is 21.9 Å². The summed E-state index contributed by atoms with van der Waals surface area (Å²) in [5, 5.41) is 2.21. The minimum atomic E-state index is -3.50. The lowest BCUT2D eigenvalue weighted by Gasteiger charge is -2.16. The molecule has 0 aromatic heterocycles. The molecule has 1 heterocycles. The van der Waals surface area contributed by atoms with Crippen molar-refractivity contribution in [2.24, 2.45) is 5.92 Å². The summed E-state index contributed by atoms with van der Waals surface area (Å²) in [7, 11) is -3.50. The fourth-order valence-corrected chi connectivity index (χ4v) is 5.50. The Morgan fingerprint density at radius 2 is 1.97 bits per heavy atom. The van der Waals surface area contributed by atoms with Crippen molar-refractivity contribution in [3.8, 4) is 5.75 Å². The first-order chi connectivity index (χ1) is 14.8. The van der Waals surface area contributed by atoms with E-state index in [1.165, 1.54) is 11.0 Å². The van der Waals surface area contributed by atoms with Crippen LogP contribution in [0.3, 0.4) is 0 Å². The molecule has 1 saturated carbocycles. The van der Waals surface area contributed by atoms with Gasteiger partial charge in [0.15, 0.2) is 11.6 Å². The number of unbranched alkanes of at least 4 members (excludes halogenated alkanes) is 2. The van der Waals surface area contributed by atoms with Crippen molar-refractivity contribution in [3.05, 3.63) is 29.1 Å². The average Bonchev–Trinajstić information content (AvgIpc) is 3.37. The molecular formula is C21H28FN3O5S. The Labute approximate surface area is 181 Å². The smallest absolute Gasteiger partial charge is 0.324 e. The average molecular weight is 454 g/mol. The number of benzene rings is 1. The number of hydrogen-bond donors (Lipinski definition) is 2. The number of nitrogens with one attached hydrogen (secondary N) is 2. The van der Waals surface area contributed by atoms with E-state index in [4.69, 9.17) is 4.74 Å². The third-order valence-corrected chi connectivity index (χ3v) is 7.47. The Kier molecular flexibility index (Phi) is 6.47. The fraction of sp³-hybridized carbons (Fsp3) is 0.619. The molecule has 1 unspecified atom stereocenters. The molecule has 2 N–H and O–H groups in total. The summed E-state index contributed by atoms with van der Waals surface area (Å²) in [6, 6.07) is 2.24. The maximum atomic E-state index is 14.3. The van der Waals surface area contributed by atoms with Crippen molar-refractivity contribution < 1.29 is 27.1 Å². The lowest BCUT2D eigenvalue weighted by Crippen LogP contribution is -2.30. The molecule has 0 radical (unpaired) electrons.